The van der Waals surface area contributed by atoms with E-state index in [0.717, 1.165) is 36.2 Å². The number of hydrogen-bond acceptors (Lipinski definition) is 6. The first-order chi connectivity index (χ1) is 20.4. The number of likely N-dealkylation sites (tertiary alicyclic amines) is 1. The second-order valence-corrected chi connectivity index (χ2v) is 10.6. The quantitative estimate of drug-likeness (QED) is 0.221. The van der Waals surface area contributed by atoms with Crippen molar-refractivity contribution in [2.45, 2.75) is 19.3 Å². The molecule has 212 valence electrons. The van der Waals surface area contributed by atoms with Gasteiger partial charge in [-0.2, -0.15) is 4.98 Å². The van der Waals surface area contributed by atoms with Crippen molar-refractivity contribution in [1.82, 2.24) is 19.5 Å². The highest BCUT2D eigenvalue weighted by atomic mass is 35.5. The lowest BCUT2D eigenvalue weighted by Crippen LogP contribution is -2.42. The largest absolute Gasteiger partial charge is 0.495 e. The monoisotopic (exact) mass is 580 g/mol. The van der Waals surface area contributed by atoms with E-state index in [1.165, 1.54) is 0 Å². The van der Waals surface area contributed by atoms with Gasteiger partial charge in [0.15, 0.2) is 5.65 Å². The second-order valence-electron chi connectivity index (χ2n) is 10.2. The van der Waals surface area contributed by atoms with Crippen LogP contribution in [0.1, 0.15) is 35.2 Å². The van der Waals surface area contributed by atoms with Crippen LogP contribution in [0, 0.1) is 0 Å². The summed E-state index contributed by atoms with van der Waals surface area (Å²) in [5, 5.41) is 11.4. The molecule has 1 aliphatic heterocycles. The number of benzene rings is 3. The van der Waals surface area contributed by atoms with E-state index in [4.69, 9.17) is 16.3 Å². The number of ether oxygens (including phenoxy) is 1. The number of methoxy groups -OCH3 is 1. The highest BCUT2D eigenvalue weighted by Gasteiger charge is 2.22. The van der Waals surface area contributed by atoms with E-state index in [9.17, 15) is 9.59 Å². The molecule has 0 spiro atoms. The molecule has 3 aromatic carbocycles. The molecule has 0 bridgehead atoms. The van der Waals surface area contributed by atoms with E-state index < -0.39 is 0 Å². The third-order valence-corrected chi connectivity index (χ3v) is 7.67. The van der Waals surface area contributed by atoms with Crippen molar-refractivity contribution in [2.75, 3.05) is 30.8 Å². The van der Waals surface area contributed by atoms with Crippen molar-refractivity contribution in [3.8, 4) is 16.9 Å². The zero-order valence-corrected chi connectivity index (χ0v) is 23.9. The topological polar surface area (TPSA) is 101 Å². The Kier molecular flexibility index (Phi) is 7.50. The molecule has 1 aliphatic rings. The van der Waals surface area contributed by atoms with Gasteiger partial charge in [-0.25, -0.2) is 4.52 Å². The molecule has 3 heterocycles. The standard InChI is InChI=1S/C32H29ClN6O3/c1-20(21-4-10-25(33)11-5-21)30(40)34-26-12-6-22(7-13-26)24-9-15-29-36-32(37-39(29)19-24)35-27-14-8-23(18-28(27)42-2)31(41)38-16-3-17-38/h4-15,18-20H,3,16-17H2,1-2H3,(H,34,40)(H,35,37)/t20-/m1/s1. The minimum atomic E-state index is -0.315. The first-order valence-electron chi connectivity index (χ1n) is 13.7. The van der Waals surface area contributed by atoms with E-state index >= 15 is 0 Å². The number of nitrogens with one attached hydrogen (secondary N) is 2. The van der Waals surface area contributed by atoms with Gasteiger partial charge in [-0.1, -0.05) is 35.9 Å². The summed E-state index contributed by atoms with van der Waals surface area (Å²) >= 11 is 5.97. The number of nitrogens with zero attached hydrogens (tertiary/aromatic N) is 4. The van der Waals surface area contributed by atoms with Crippen molar-refractivity contribution < 1.29 is 14.3 Å². The van der Waals surface area contributed by atoms with Crippen molar-refractivity contribution >= 4 is 46.4 Å². The molecule has 1 fully saturated rings. The van der Waals surface area contributed by atoms with E-state index in [1.807, 2.05) is 66.6 Å². The zero-order valence-electron chi connectivity index (χ0n) is 23.2. The Morgan fingerprint density at radius 2 is 1.69 bits per heavy atom. The number of rotatable bonds is 8. The lowest BCUT2D eigenvalue weighted by Gasteiger charge is -2.31. The fourth-order valence-electron chi connectivity index (χ4n) is 4.76. The number of hydrogen-bond donors (Lipinski definition) is 2. The summed E-state index contributed by atoms with van der Waals surface area (Å²) in [7, 11) is 1.57. The van der Waals surface area contributed by atoms with Crippen molar-refractivity contribution in [2.24, 2.45) is 0 Å². The third kappa shape index (κ3) is 5.64. The summed E-state index contributed by atoms with van der Waals surface area (Å²) in [6.45, 7) is 3.45. The Labute approximate surface area is 248 Å². The SMILES string of the molecule is COc1cc(C(=O)N2CCC2)ccc1Nc1nc2ccc(-c3ccc(NC(=O)[C@H](C)c4ccc(Cl)cc4)cc3)cn2n1. The lowest BCUT2D eigenvalue weighted by molar-refractivity contribution is -0.117. The number of carbonyl (C=O) groups excluding carboxylic acids is 2. The van der Waals surface area contributed by atoms with Crippen LogP contribution in [0.2, 0.25) is 5.02 Å². The molecule has 1 saturated heterocycles. The predicted octanol–water partition coefficient (Wildman–Crippen LogP) is 6.39. The van der Waals surface area contributed by atoms with Crippen LogP contribution in [0.3, 0.4) is 0 Å². The normalized spacial score (nSPS) is 13.4. The number of pyridine rings is 1. The Morgan fingerprint density at radius 1 is 0.952 bits per heavy atom. The summed E-state index contributed by atoms with van der Waals surface area (Å²) < 4.78 is 7.24. The summed E-state index contributed by atoms with van der Waals surface area (Å²) in [5.74, 6) is 0.538. The third-order valence-electron chi connectivity index (χ3n) is 7.42. The average molecular weight is 581 g/mol. The minimum absolute atomic E-state index is 0.00685. The number of amides is 2. The Morgan fingerprint density at radius 3 is 2.38 bits per heavy atom. The van der Waals surface area contributed by atoms with Gasteiger partial charge in [-0.15, -0.1) is 5.10 Å². The second kappa shape index (κ2) is 11.5. The molecule has 0 aliphatic carbocycles. The maximum atomic E-state index is 12.8. The molecule has 1 atom stereocenters. The van der Waals surface area contributed by atoms with Crippen LogP contribution >= 0.6 is 11.6 Å². The van der Waals surface area contributed by atoms with Gasteiger partial charge < -0.3 is 20.3 Å². The van der Waals surface area contributed by atoms with Gasteiger partial charge in [0.25, 0.3) is 5.91 Å². The van der Waals surface area contributed by atoms with Crippen LogP contribution in [0.25, 0.3) is 16.8 Å². The van der Waals surface area contributed by atoms with Gasteiger partial charge in [0, 0.05) is 41.1 Å². The molecule has 5 aromatic rings. The summed E-state index contributed by atoms with van der Waals surface area (Å²) in [5.41, 5.74) is 5.45. The summed E-state index contributed by atoms with van der Waals surface area (Å²) in [4.78, 5) is 31.7. The highest BCUT2D eigenvalue weighted by Crippen LogP contribution is 2.30. The van der Waals surface area contributed by atoms with Gasteiger partial charge in [0.2, 0.25) is 11.9 Å². The molecule has 2 aromatic heterocycles. The van der Waals surface area contributed by atoms with Crippen molar-refractivity contribution in [1.29, 1.82) is 0 Å². The maximum absolute atomic E-state index is 12.8. The first kappa shape index (κ1) is 27.3. The van der Waals surface area contributed by atoms with Gasteiger partial charge in [0.05, 0.1) is 18.7 Å². The molecule has 0 unspecified atom stereocenters. The zero-order chi connectivity index (χ0) is 29.2. The molecular weight excluding hydrogens is 552 g/mol. The van der Waals surface area contributed by atoms with Crippen LogP contribution in [-0.4, -0.2) is 51.5 Å². The Balaban J connectivity index is 1.14. The summed E-state index contributed by atoms with van der Waals surface area (Å²) in [6.07, 6.45) is 2.94. The van der Waals surface area contributed by atoms with Crippen LogP contribution < -0.4 is 15.4 Å². The van der Waals surface area contributed by atoms with Crippen molar-refractivity contribution in [3.05, 3.63) is 101 Å². The number of anilines is 3. The van der Waals surface area contributed by atoms with E-state index in [2.05, 4.69) is 20.7 Å². The number of carbonyl (C=O) groups is 2. The van der Waals surface area contributed by atoms with E-state index in [1.54, 1.807) is 42.0 Å². The van der Waals surface area contributed by atoms with Crippen LogP contribution in [0.15, 0.2) is 85.1 Å². The van der Waals surface area contributed by atoms with Crippen LogP contribution in [0.5, 0.6) is 5.75 Å². The van der Waals surface area contributed by atoms with Gasteiger partial charge in [-0.05, 0) is 79.1 Å². The molecule has 9 nitrogen and oxygen atoms in total. The molecule has 2 N–H and O–H groups in total. The van der Waals surface area contributed by atoms with Gasteiger partial charge >= 0.3 is 0 Å². The number of fused-ring (bicyclic) bond motifs is 1. The molecular formula is C32H29ClN6O3. The smallest absolute Gasteiger partial charge is 0.253 e. The van der Waals surface area contributed by atoms with Crippen molar-refractivity contribution in [3.63, 3.8) is 0 Å². The Bertz CT molecular complexity index is 1760. The molecule has 42 heavy (non-hydrogen) atoms. The molecule has 10 heteroatoms. The first-order valence-corrected chi connectivity index (χ1v) is 14.0. The van der Waals surface area contributed by atoms with E-state index in [0.29, 0.717) is 39.3 Å². The average Bonchev–Trinajstić information content (AvgIpc) is 3.38. The molecule has 2 amide bonds. The van der Waals surface area contributed by atoms with Gasteiger partial charge in [-0.3, -0.25) is 9.59 Å². The molecule has 0 saturated carbocycles. The molecule has 6 rings (SSSR count). The lowest BCUT2D eigenvalue weighted by atomic mass is 10.0. The van der Waals surface area contributed by atoms with E-state index in [-0.39, 0.29) is 17.7 Å². The fourth-order valence-corrected chi connectivity index (χ4v) is 4.88. The summed E-state index contributed by atoms with van der Waals surface area (Å²) in [6, 6.07) is 24.1. The predicted molar refractivity (Wildman–Crippen MR) is 164 cm³/mol. The van der Waals surface area contributed by atoms with Crippen LogP contribution in [-0.2, 0) is 4.79 Å². The highest BCUT2D eigenvalue weighted by molar-refractivity contribution is 6.30. The fraction of sp³-hybridized carbons (Fsp3) is 0.188. The maximum Gasteiger partial charge on any atom is 0.253 e. The van der Waals surface area contributed by atoms with Gasteiger partial charge in [0.1, 0.15) is 5.75 Å². The number of aromatic nitrogens is 3. The van der Waals surface area contributed by atoms with Crippen LogP contribution in [0.4, 0.5) is 17.3 Å². The minimum Gasteiger partial charge on any atom is -0.495 e. The number of halogens is 1. The molecule has 0 radical (unpaired) electrons. The Hall–Kier alpha value is -4.89.